The van der Waals surface area contributed by atoms with Gasteiger partial charge in [-0.15, -0.1) is 10.2 Å². The summed E-state index contributed by atoms with van der Waals surface area (Å²) in [5.74, 6) is -1.24. The number of amides is 1. The number of aromatic hydroxyl groups is 1. The molecule has 1 amide bonds. The molecule has 1 unspecified atom stereocenters. The van der Waals surface area contributed by atoms with Crippen molar-refractivity contribution in [2.45, 2.75) is 24.7 Å². The summed E-state index contributed by atoms with van der Waals surface area (Å²) in [6.07, 6.45) is 1.10. The number of carbonyl (C=O) groups is 1. The number of nitrogens with zero attached hydrogens (tertiary/aromatic N) is 3. The molecule has 8 nitrogen and oxygen atoms in total. The molecule has 156 valence electrons. The molecule has 1 saturated heterocycles. The number of fused-ring (bicyclic) bond motifs is 1. The highest BCUT2D eigenvalue weighted by molar-refractivity contribution is 7.89. The second-order valence-corrected chi connectivity index (χ2v) is 9.36. The van der Waals surface area contributed by atoms with Crippen molar-refractivity contribution in [3.63, 3.8) is 0 Å². The fraction of sp³-hybridized carbons (Fsp3) is 0.286. The van der Waals surface area contributed by atoms with Crippen LogP contribution in [0.2, 0.25) is 0 Å². The van der Waals surface area contributed by atoms with Gasteiger partial charge in [0.1, 0.15) is 0 Å². The Morgan fingerprint density at radius 1 is 1.17 bits per heavy atom. The monoisotopic (exact) mass is 426 g/mol. The van der Waals surface area contributed by atoms with Crippen LogP contribution in [-0.4, -0.2) is 41.8 Å². The first kappa shape index (κ1) is 20.2. The molecule has 1 aliphatic rings. The van der Waals surface area contributed by atoms with E-state index in [1.807, 2.05) is 13.0 Å². The third kappa shape index (κ3) is 3.86. The van der Waals surface area contributed by atoms with Gasteiger partial charge in [-0.1, -0.05) is 35.9 Å². The van der Waals surface area contributed by atoms with Crippen molar-refractivity contribution in [1.82, 2.24) is 9.29 Å². The molecule has 0 aliphatic carbocycles. The fourth-order valence-electron chi connectivity index (χ4n) is 3.62. The van der Waals surface area contributed by atoms with Crippen LogP contribution in [0.4, 0.5) is 5.69 Å². The number of H-pyrrole nitrogens is 1. The first-order valence-corrected chi connectivity index (χ1v) is 11.1. The molecule has 9 heteroatoms. The quantitative estimate of drug-likeness (QED) is 0.616. The molecule has 1 aliphatic heterocycles. The van der Waals surface area contributed by atoms with Crippen LogP contribution in [0.5, 0.6) is 5.88 Å². The van der Waals surface area contributed by atoms with Gasteiger partial charge < -0.3 is 10.1 Å². The van der Waals surface area contributed by atoms with E-state index in [4.69, 9.17) is 0 Å². The Kier molecular flexibility index (Phi) is 5.40. The summed E-state index contributed by atoms with van der Waals surface area (Å²) >= 11 is 0. The highest BCUT2D eigenvalue weighted by Gasteiger charge is 2.33. The average Bonchev–Trinajstić information content (AvgIpc) is 3.07. The van der Waals surface area contributed by atoms with Gasteiger partial charge in [-0.3, -0.25) is 4.79 Å². The lowest BCUT2D eigenvalue weighted by Gasteiger charge is -2.30. The van der Waals surface area contributed by atoms with Crippen LogP contribution in [0.1, 0.15) is 18.4 Å². The second-order valence-electron chi connectivity index (χ2n) is 7.42. The largest absolute Gasteiger partial charge is 0.493 e. The summed E-state index contributed by atoms with van der Waals surface area (Å²) in [5, 5.41) is 18.4. The number of carbonyl (C=O) groups excluding carboxylic acids is 1. The molecule has 1 fully saturated rings. The maximum absolute atomic E-state index is 12.9. The van der Waals surface area contributed by atoms with E-state index in [-0.39, 0.29) is 23.0 Å². The van der Waals surface area contributed by atoms with Crippen molar-refractivity contribution >= 4 is 32.5 Å². The summed E-state index contributed by atoms with van der Waals surface area (Å²) in [5.41, 5.74) is 1.85. The Hall–Kier alpha value is -3.04. The van der Waals surface area contributed by atoms with Crippen LogP contribution in [0.25, 0.3) is 10.9 Å². The van der Waals surface area contributed by atoms with Gasteiger partial charge >= 0.3 is 0 Å². The summed E-state index contributed by atoms with van der Waals surface area (Å²) < 4.78 is 27.2. The predicted molar refractivity (Wildman–Crippen MR) is 112 cm³/mol. The minimum Gasteiger partial charge on any atom is -0.493 e. The molecule has 0 radical (unpaired) electrons. The molecule has 2 aromatic carbocycles. The number of hydrogen-bond acceptors (Lipinski definition) is 5. The number of benzene rings is 2. The summed E-state index contributed by atoms with van der Waals surface area (Å²) in [6.45, 7) is 2.32. The highest BCUT2D eigenvalue weighted by Crippen LogP contribution is 2.35. The SMILES string of the molecule is Cc1ccc(S(=O)(=O)N2CCCC(C(=O)N=Nc3c(O)[nH]c4ccccc34)C2)cc1. The number of aryl methyl sites for hydroxylation is 1. The third-order valence-corrected chi connectivity index (χ3v) is 7.18. The number of hydrogen-bond donors (Lipinski definition) is 2. The minimum atomic E-state index is -3.68. The van der Waals surface area contributed by atoms with Gasteiger partial charge in [-0.2, -0.15) is 4.31 Å². The number of azo groups is 1. The molecule has 30 heavy (non-hydrogen) atoms. The second kappa shape index (κ2) is 8.00. The Balaban J connectivity index is 1.51. The number of para-hydroxylation sites is 1. The van der Waals surface area contributed by atoms with E-state index in [0.29, 0.717) is 30.3 Å². The Labute approximate surface area is 174 Å². The van der Waals surface area contributed by atoms with E-state index in [9.17, 15) is 18.3 Å². The number of rotatable bonds is 4. The van der Waals surface area contributed by atoms with Crippen LogP contribution in [0.3, 0.4) is 0 Å². The normalized spacial score (nSPS) is 18.2. The van der Waals surface area contributed by atoms with Gasteiger partial charge in [0.2, 0.25) is 15.9 Å². The molecule has 4 rings (SSSR count). The predicted octanol–water partition coefficient (Wildman–Crippen LogP) is 3.89. The van der Waals surface area contributed by atoms with Gasteiger partial charge in [0.15, 0.2) is 5.69 Å². The van der Waals surface area contributed by atoms with E-state index >= 15 is 0 Å². The molecule has 3 aromatic rings. The lowest BCUT2D eigenvalue weighted by atomic mass is 9.99. The first-order chi connectivity index (χ1) is 14.4. The van der Waals surface area contributed by atoms with Crippen LogP contribution >= 0.6 is 0 Å². The van der Waals surface area contributed by atoms with Gasteiger partial charge in [0.05, 0.1) is 16.3 Å². The zero-order chi connectivity index (χ0) is 21.3. The molecule has 2 N–H and O–H groups in total. The zero-order valence-electron chi connectivity index (χ0n) is 16.4. The smallest absolute Gasteiger partial charge is 0.269 e. The minimum absolute atomic E-state index is 0.0634. The molecule has 0 bridgehead atoms. The zero-order valence-corrected chi connectivity index (χ0v) is 17.3. The molecule has 2 heterocycles. The van der Waals surface area contributed by atoms with Crippen LogP contribution in [0.15, 0.2) is 63.7 Å². The van der Waals surface area contributed by atoms with Crippen LogP contribution < -0.4 is 0 Å². The number of sulfonamides is 1. The fourth-order valence-corrected chi connectivity index (χ4v) is 5.14. The topological polar surface area (TPSA) is 115 Å². The summed E-state index contributed by atoms with van der Waals surface area (Å²) in [6, 6.07) is 13.8. The summed E-state index contributed by atoms with van der Waals surface area (Å²) in [4.78, 5) is 15.6. The Morgan fingerprint density at radius 2 is 1.90 bits per heavy atom. The van der Waals surface area contributed by atoms with Crippen molar-refractivity contribution in [3.8, 4) is 5.88 Å². The van der Waals surface area contributed by atoms with Crippen molar-refractivity contribution < 1.29 is 18.3 Å². The van der Waals surface area contributed by atoms with Crippen molar-refractivity contribution in [1.29, 1.82) is 0 Å². The standard InChI is InChI=1S/C21H22N4O4S/c1-14-8-10-16(11-9-14)30(28,29)25-12-4-5-15(13-25)20(26)24-23-19-17-6-2-3-7-18(17)22-21(19)27/h2-3,6-11,15,22,27H,4-5,12-13H2,1H3. The lowest BCUT2D eigenvalue weighted by Crippen LogP contribution is -2.41. The van der Waals surface area contributed by atoms with Crippen LogP contribution in [0, 0.1) is 12.8 Å². The van der Waals surface area contributed by atoms with E-state index < -0.39 is 21.8 Å². The molecule has 1 aromatic heterocycles. The number of aromatic amines is 1. The molecular formula is C21H22N4O4S. The van der Waals surface area contributed by atoms with Gasteiger partial charge in [0, 0.05) is 18.5 Å². The van der Waals surface area contributed by atoms with Gasteiger partial charge in [0.25, 0.3) is 5.91 Å². The third-order valence-electron chi connectivity index (χ3n) is 5.30. The number of piperidine rings is 1. The molecule has 0 spiro atoms. The average molecular weight is 426 g/mol. The van der Waals surface area contributed by atoms with Crippen LogP contribution in [-0.2, 0) is 14.8 Å². The number of aromatic nitrogens is 1. The van der Waals surface area contributed by atoms with Crippen molar-refractivity contribution in [2.75, 3.05) is 13.1 Å². The van der Waals surface area contributed by atoms with E-state index in [2.05, 4.69) is 15.2 Å². The Bertz CT molecular complexity index is 1220. The molecular weight excluding hydrogens is 404 g/mol. The Morgan fingerprint density at radius 3 is 2.67 bits per heavy atom. The van der Waals surface area contributed by atoms with Gasteiger partial charge in [-0.05, 0) is 38.0 Å². The molecule has 1 atom stereocenters. The van der Waals surface area contributed by atoms with Crippen molar-refractivity contribution in [2.24, 2.45) is 16.1 Å². The van der Waals surface area contributed by atoms with Gasteiger partial charge in [-0.25, -0.2) is 8.42 Å². The first-order valence-electron chi connectivity index (χ1n) is 9.68. The highest BCUT2D eigenvalue weighted by atomic mass is 32.2. The van der Waals surface area contributed by atoms with E-state index in [0.717, 1.165) is 5.56 Å². The maximum atomic E-state index is 12.9. The van der Waals surface area contributed by atoms with E-state index in [1.165, 1.54) is 4.31 Å². The number of nitrogens with one attached hydrogen (secondary N) is 1. The molecule has 0 saturated carbocycles. The van der Waals surface area contributed by atoms with E-state index in [1.54, 1.807) is 42.5 Å². The maximum Gasteiger partial charge on any atom is 0.269 e. The lowest BCUT2D eigenvalue weighted by molar-refractivity contribution is -0.123. The summed E-state index contributed by atoms with van der Waals surface area (Å²) in [7, 11) is -3.68. The van der Waals surface area contributed by atoms with Crippen molar-refractivity contribution in [3.05, 3.63) is 54.1 Å².